The first kappa shape index (κ1) is 27.1. The molecule has 3 aromatic carbocycles. The van der Waals surface area contributed by atoms with Crippen molar-refractivity contribution in [1.82, 2.24) is 14.4 Å². The summed E-state index contributed by atoms with van der Waals surface area (Å²) in [4.78, 5) is 8.45. The molecule has 0 amide bonds. The smallest absolute Gasteiger partial charge is 0.226 e. The predicted octanol–water partition coefficient (Wildman–Crippen LogP) is 4.24. The maximum atomic E-state index is 12.3. The van der Waals surface area contributed by atoms with Gasteiger partial charge in [-0.15, -0.1) is 0 Å². The van der Waals surface area contributed by atoms with Crippen LogP contribution in [-0.2, 0) is 44.6 Å². The molecule has 9 nitrogen and oxygen atoms in total. The Hall–Kier alpha value is -4.12. The molecule has 0 saturated carbocycles. The highest BCUT2D eigenvalue weighted by atomic mass is 16.7. The molecule has 3 N–H and O–H groups in total. The van der Waals surface area contributed by atoms with E-state index in [1.54, 1.807) is 16.7 Å². The van der Waals surface area contributed by atoms with Crippen LogP contribution in [0.3, 0.4) is 0 Å². The summed E-state index contributed by atoms with van der Waals surface area (Å²) in [5.41, 5.74) is 9.88. The first-order valence-corrected chi connectivity index (χ1v) is 13.5. The molecule has 4 atom stereocenters. The van der Waals surface area contributed by atoms with E-state index in [1.807, 2.05) is 91.0 Å². The molecular formula is C32H32N4O5. The van der Waals surface area contributed by atoms with Crippen molar-refractivity contribution in [2.24, 2.45) is 0 Å². The first-order chi connectivity index (χ1) is 20.1. The Morgan fingerprint density at radius 2 is 1.37 bits per heavy atom. The van der Waals surface area contributed by atoms with Crippen LogP contribution in [0.2, 0.25) is 0 Å². The third kappa shape index (κ3) is 5.85. The minimum Gasteiger partial charge on any atom is -0.374 e. The quantitative estimate of drug-likeness (QED) is 0.250. The molecule has 41 heavy (non-hydrogen) atoms. The Balaban J connectivity index is 1.33. The van der Waals surface area contributed by atoms with E-state index in [2.05, 4.69) is 9.97 Å². The van der Waals surface area contributed by atoms with Crippen molar-refractivity contribution in [3.63, 3.8) is 0 Å². The Morgan fingerprint density at radius 1 is 0.780 bits per heavy atom. The summed E-state index contributed by atoms with van der Waals surface area (Å²) in [5.74, 6) is -1.67. The van der Waals surface area contributed by atoms with Crippen LogP contribution in [0.25, 0.3) is 5.65 Å². The number of fused-ring (bicyclic) bond motifs is 1. The number of aromatic nitrogens is 3. The van der Waals surface area contributed by atoms with Gasteiger partial charge in [-0.1, -0.05) is 91.0 Å². The van der Waals surface area contributed by atoms with Gasteiger partial charge in [-0.2, -0.15) is 0 Å². The molecular weight excluding hydrogens is 520 g/mol. The third-order valence-electron chi connectivity index (χ3n) is 7.19. The molecule has 0 spiro atoms. The van der Waals surface area contributed by atoms with Crippen molar-refractivity contribution in [2.75, 3.05) is 12.3 Å². The molecule has 3 heterocycles. The average Bonchev–Trinajstić information content (AvgIpc) is 3.57. The number of nitrogen functional groups attached to an aromatic ring is 1. The Bertz CT molecular complexity index is 1550. The maximum Gasteiger partial charge on any atom is 0.226 e. The number of hydrogen-bond acceptors (Lipinski definition) is 8. The number of rotatable bonds is 11. The van der Waals surface area contributed by atoms with E-state index in [1.165, 1.54) is 6.33 Å². The lowest BCUT2D eigenvalue weighted by Gasteiger charge is -2.30. The number of benzene rings is 3. The van der Waals surface area contributed by atoms with E-state index in [-0.39, 0.29) is 19.2 Å². The molecule has 1 aliphatic rings. The van der Waals surface area contributed by atoms with E-state index in [0.29, 0.717) is 24.4 Å². The van der Waals surface area contributed by atoms with Gasteiger partial charge in [0.25, 0.3) is 0 Å². The molecule has 0 bridgehead atoms. The van der Waals surface area contributed by atoms with Gasteiger partial charge >= 0.3 is 0 Å². The lowest BCUT2D eigenvalue weighted by atomic mass is 9.99. The number of nitrogens with zero attached hydrogens (tertiary/aromatic N) is 3. The molecule has 1 fully saturated rings. The van der Waals surface area contributed by atoms with Crippen LogP contribution < -0.4 is 5.73 Å². The molecule has 1 saturated heterocycles. The van der Waals surface area contributed by atoms with Crippen molar-refractivity contribution in [3.8, 4) is 0 Å². The molecule has 0 radical (unpaired) electrons. The van der Waals surface area contributed by atoms with Crippen LogP contribution in [-0.4, -0.2) is 44.4 Å². The predicted molar refractivity (Wildman–Crippen MR) is 152 cm³/mol. The number of nitrogens with two attached hydrogens (primary N) is 1. The Kier molecular flexibility index (Phi) is 8.04. The van der Waals surface area contributed by atoms with Crippen molar-refractivity contribution in [1.29, 1.82) is 0 Å². The minimum atomic E-state index is -1.91. The highest BCUT2D eigenvalue weighted by molar-refractivity contribution is 5.54. The fourth-order valence-corrected chi connectivity index (χ4v) is 5.15. The second kappa shape index (κ2) is 12.2. The van der Waals surface area contributed by atoms with Gasteiger partial charge < -0.3 is 29.8 Å². The van der Waals surface area contributed by atoms with E-state index >= 15 is 0 Å². The fraction of sp³-hybridized carbons (Fsp3) is 0.250. The van der Waals surface area contributed by atoms with Crippen LogP contribution in [0.5, 0.6) is 0 Å². The maximum absolute atomic E-state index is 12.3. The number of ether oxygens (including phenoxy) is 4. The summed E-state index contributed by atoms with van der Waals surface area (Å²) in [6.07, 6.45) is 0.820. The molecule has 210 valence electrons. The summed E-state index contributed by atoms with van der Waals surface area (Å²) < 4.78 is 27.1. The molecule has 2 aromatic heterocycles. The minimum absolute atomic E-state index is 0.171. The first-order valence-electron chi connectivity index (χ1n) is 13.5. The van der Waals surface area contributed by atoms with Crippen LogP contribution in [0.15, 0.2) is 110 Å². The van der Waals surface area contributed by atoms with Crippen molar-refractivity contribution < 1.29 is 24.1 Å². The second-order valence-corrected chi connectivity index (χ2v) is 9.99. The van der Waals surface area contributed by atoms with Crippen molar-refractivity contribution in [2.45, 2.75) is 43.9 Å². The molecule has 9 heteroatoms. The van der Waals surface area contributed by atoms with E-state index in [9.17, 15) is 5.11 Å². The Morgan fingerprint density at radius 3 is 2.00 bits per heavy atom. The van der Waals surface area contributed by atoms with E-state index < -0.39 is 24.1 Å². The summed E-state index contributed by atoms with van der Waals surface area (Å²) >= 11 is 0. The van der Waals surface area contributed by atoms with Crippen molar-refractivity contribution >= 4 is 11.6 Å². The van der Waals surface area contributed by atoms with Gasteiger partial charge in [-0.3, -0.25) is 4.40 Å². The normalized spacial score (nSPS) is 22.3. The summed E-state index contributed by atoms with van der Waals surface area (Å²) in [5, 5.41) is 12.3. The SMILES string of the molecule is Nc1ncnc2c(C3(O)O[C@H](COCc4ccccc4)[C@@H](OCc4ccccc4)[C@H]3OCc3ccccc3)ccn12. The van der Waals surface area contributed by atoms with Crippen molar-refractivity contribution in [3.05, 3.63) is 132 Å². The zero-order valence-corrected chi connectivity index (χ0v) is 22.5. The van der Waals surface area contributed by atoms with Crippen LogP contribution in [0, 0.1) is 0 Å². The molecule has 6 rings (SSSR count). The summed E-state index contributed by atoms with van der Waals surface area (Å²) in [7, 11) is 0. The topological polar surface area (TPSA) is 113 Å². The zero-order valence-electron chi connectivity index (χ0n) is 22.5. The number of anilines is 1. The van der Waals surface area contributed by atoms with Crippen LogP contribution in [0.1, 0.15) is 22.3 Å². The zero-order chi connectivity index (χ0) is 28.1. The number of aliphatic hydroxyl groups is 1. The molecule has 5 aromatic rings. The standard InChI is InChI=1S/C32H32N4O5/c33-31-35-22-34-30-26(16-17-36(30)31)32(37)29(40-20-25-14-8-3-9-15-25)28(39-19-24-12-6-2-7-13-24)27(41-32)21-38-18-23-10-4-1-5-11-23/h1-17,22,27-29,37H,18-21H2,(H2,33,34,35)/t27-,28-,29-,32?/m1/s1. The highest BCUT2D eigenvalue weighted by Gasteiger charge is 2.58. The monoisotopic (exact) mass is 552 g/mol. The van der Waals surface area contributed by atoms with Gasteiger partial charge in [0.05, 0.1) is 32.0 Å². The van der Waals surface area contributed by atoms with Crippen LogP contribution >= 0.6 is 0 Å². The fourth-order valence-electron chi connectivity index (χ4n) is 5.15. The summed E-state index contributed by atoms with van der Waals surface area (Å²) in [6, 6.07) is 31.2. The van der Waals surface area contributed by atoms with Gasteiger partial charge in [0.15, 0.2) is 0 Å². The van der Waals surface area contributed by atoms with Gasteiger partial charge in [0.1, 0.15) is 30.3 Å². The molecule has 1 aliphatic heterocycles. The summed E-state index contributed by atoms with van der Waals surface area (Å²) in [6.45, 7) is 1.10. The molecule has 1 unspecified atom stereocenters. The number of hydrogen-bond donors (Lipinski definition) is 2. The largest absolute Gasteiger partial charge is 0.374 e. The van der Waals surface area contributed by atoms with Gasteiger partial charge in [-0.25, -0.2) is 9.97 Å². The second-order valence-electron chi connectivity index (χ2n) is 9.99. The average molecular weight is 553 g/mol. The third-order valence-corrected chi connectivity index (χ3v) is 7.19. The van der Waals surface area contributed by atoms with Gasteiger partial charge in [0, 0.05) is 6.20 Å². The van der Waals surface area contributed by atoms with E-state index in [0.717, 1.165) is 16.7 Å². The van der Waals surface area contributed by atoms with Gasteiger partial charge in [0.2, 0.25) is 11.7 Å². The highest BCUT2D eigenvalue weighted by Crippen LogP contribution is 2.43. The lowest BCUT2D eigenvalue weighted by Crippen LogP contribution is -2.44. The van der Waals surface area contributed by atoms with E-state index in [4.69, 9.17) is 24.7 Å². The van der Waals surface area contributed by atoms with Gasteiger partial charge in [-0.05, 0) is 22.8 Å². The Labute approximate surface area is 238 Å². The molecule has 0 aliphatic carbocycles. The lowest BCUT2D eigenvalue weighted by molar-refractivity contribution is -0.252. The van der Waals surface area contributed by atoms with Crippen LogP contribution in [0.4, 0.5) is 5.95 Å².